The highest BCUT2D eigenvalue weighted by molar-refractivity contribution is 7.89. The highest BCUT2D eigenvalue weighted by atomic mass is 32.2. The Bertz CT molecular complexity index is 795. The van der Waals surface area contributed by atoms with Gasteiger partial charge in [-0.25, -0.2) is 13.6 Å². The Morgan fingerprint density at radius 1 is 1.00 bits per heavy atom. The fourth-order valence-electron chi connectivity index (χ4n) is 2.27. The molecule has 0 heterocycles. The molecule has 0 aliphatic heterocycles. The van der Waals surface area contributed by atoms with Gasteiger partial charge in [0.1, 0.15) is 0 Å². The van der Waals surface area contributed by atoms with Crippen molar-refractivity contribution in [2.45, 2.75) is 37.6 Å². The molecule has 128 valence electrons. The fourth-order valence-corrected chi connectivity index (χ4v) is 2.78. The van der Waals surface area contributed by atoms with Gasteiger partial charge in [0.15, 0.2) is 0 Å². The topological polar surface area (TPSA) is 89.3 Å². The van der Waals surface area contributed by atoms with E-state index in [0.29, 0.717) is 18.9 Å². The number of rotatable bonds is 6. The molecule has 24 heavy (non-hydrogen) atoms. The van der Waals surface area contributed by atoms with Crippen molar-refractivity contribution in [3.8, 4) is 0 Å². The van der Waals surface area contributed by atoms with Crippen LogP contribution in [0.25, 0.3) is 0 Å². The molecule has 5 nitrogen and oxygen atoms in total. The molecule has 2 rings (SSSR count). The first-order valence-corrected chi connectivity index (χ1v) is 9.27. The van der Waals surface area contributed by atoms with Gasteiger partial charge in [-0.3, -0.25) is 4.79 Å². The van der Waals surface area contributed by atoms with Crippen molar-refractivity contribution in [2.75, 3.05) is 0 Å². The maximum absolute atomic E-state index is 12.0. The molecule has 0 bridgehead atoms. The lowest BCUT2D eigenvalue weighted by Gasteiger charge is -2.08. The molecule has 0 aromatic heterocycles. The molecule has 0 saturated carbocycles. The van der Waals surface area contributed by atoms with Gasteiger partial charge in [-0.1, -0.05) is 50.2 Å². The van der Waals surface area contributed by atoms with E-state index in [-0.39, 0.29) is 10.8 Å². The summed E-state index contributed by atoms with van der Waals surface area (Å²) >= 11 is 0. The van der Waals surface area contributed by atoms with E-state index in [0.717, 1.165) is 11.1 Å². The lowest BCUT2D eigenvalue weighted by atomic mass is 10.0. The third kappa shape index (κ3) is 5.18. The maximum Gasteiger partial charge on any atom is 0.238 e. The van der Waals surface area contributed by atoms with Crippen LogP contribution in [-0.4, -0.2) is 14.3 Å². The Hall–Kier alpha value is -2.18. The lowest BCUT2D eigenvalue weighted by molar-refractivity contribution is -0.120. The summed E-state index contributed by atoms with van der Waals surface area (Å²) in [5.74, 6) is 0.385. The van der Waals surface area contributed by atoms with Crippen LogP contribution in [0.1, 0.15) is 36.5 Å². The maximum atomic E-state index is 12.0. The molecule has 1 amide bonds. The van der Waals surface area contributed by atoms with Crippen molar-refractivity contribution >= 4 is 15.9 Å². The summed E-state index contributed by atoms with van der Waals surface area (Å²) in [4.78, 5) is 12.1. The summed E-state index contributed by atoms with van der Waals surface area (Å²) in [6, 6.07) is 14.2. The van der Waals surface area contributed by atoms with Crippen LogP contribution in [-0.2, 0) is 27.8 Å². The quantitative estimate of drug-likeness (QED) is 0.841. The Kier molecular flexibility index (Phi) is 5.75. The zero-order chi connectivity index (χ0) is 17.7. The van der Waals surface area contributed by atoms with Crippen LogP contribution in [0.3, 0.4) is 0 Å². The molecule has 0 unspecified atom stereocenters. The van der Waals surface area contributed by atoms with E-state index in [9.17, 15) is 13.2 Å². The van der Waals surface area contributed by atoms with Crippen molar-refractivity contribution in [1.82, 2.24) is 5.32 Å². The first-order chi connectivity index (χ1) is 11.3. The van der Waals surface area contributed by atoms with E-state index >= 15 is 0 Å². The van der Waals surface area contributed by atoms with Crippen LogP contribution >= 0.6 is 0 Å². The third-order valence-electron chi connectivity index (χ3n) is 3.75. The Morgan fingerprint density at radius 2 is 1.54 bits per heavy atom. The summed E-state index contributed by atoms with van der Waals surface area (Å²) < 4.78 is 22.4. The minimum atomic E-state index is -3.69. The van der Waals surface area contributed by atoms with Gasteiger partial charge in [0.2, 0.25) is 15.9 Å². The Labute approximate surface area is 142 Å². The van der Waals surface area contributed by atoms with Crippen LogP contribution < -0.4 is 10.5 Å². The normalized spacial score (nSPS) is 11.5. The van der Waals surface area contributed by atoms with Crippen molar-refractivity contribution in [3.63, 3.8) is 0 Å². The van der Waals surface area contributed by atoms with Gasteiger partial charge >= 0.3 is 0 Å². The van der Waals surface area contributed by atoms with Gasteiger partial charge in [0.25, 0.3) is 0 Å². The number of carbonyl (C=O) groups excluding carboxylic acids is 1. The van der Waals surface area contributed by atoms with E-state index < -0.39 is 10.0 Å². The van der Waals surface area contributed by atoms with Gasteiger partial charge in [-0.05, 0) is 34.7 Å². The van der Waals surface area contributed by atoms with Crippen molar-refractivity contribution < 1.29 is 13.2 Å². The predicted molar refractivity (Wildman–Crippen MR) is 93.9 cm³/mol. The number of primary sulfonamides is 1. The molecule has 2 aromatic carbocycles. The van der Waals surface area contributed by atoms with E-state index in [1.54, 1.807) is 12.1 Å². The summed E-state index contributed by atoms with van der Waals surface area (Å²) in [5.41, 5.74) is 3.02. The average molecular weight is 346 g/mol. The van der Waals surface area contributed by atoms with Gasteiger partial charge in [-0.15, -0.1) is 0 Å². The smallest absolute Gasteiger partial charge is 0.238 e. The van der Waals surface area contributed by atoms with E-state index in [1.807, 2.05) is 24.3 Å². The van der Waals surface area contributed by atoms with Crippen molar-refractivity contribution in [2.24, 2.45) is 5.14 Å². The number of carbonyl (C=O) groups is 1. The van der Waals surface area contributed by atoms with Gasteiger partial charge in [0.05, 0.1) is 11.3 Å². The highest BCUT2D eigenvalue weighted by Crippen LogP contribution is 2.15. The lowest BCUT2D eigenvalue weighted by Crippen LogP contribution is -2.24. The number of hydrogen-bond donors (Lipinski definition) is 2. The molecule has 0 spiro atoms. The zero-order valence-corrected chi connectivity index (χ0v) is 14.6. The fraction of sp³-hybridized carbons (Fsp3) is 0.278. The second kappa shape index (κ2) is 7.59. The Balaban J connectivity index is 1.89. The number of nitrogens with one attached hydrogen (secondary N) is 1. The molecule has 0 radical (unpaired) electrons. The number of nitrogens with two attached hydrogens (primary N) is 1. The SMILES string of the molecule is CC(C)c1ccc(CC(=O)NCc2ccc(S(N)(=O)=O)cc2)cc1. The van der Waals surface area contributed by atoms with Crippen molar-refractivity contribution in [1.29, 1.82) is 0 Å². The standard InChI is InChI=1S/C18H22N2O3S/c1-13(2)16-7-3-14(4-8-16)11-18(21)20-12-15-5-9-17(10-6-15)24(19,22)23/h3-10,13H,11-12H2,1-2H3,(H,20,21)(H2,19,22,23). The molecule has 3 N–H and O–H groups in total. The second-order valence-corrected chi connectivity index (χ2v) is 7.60. The van der Waals surface area contributed by atoms with Crippen LogP contribution in [0.5, 0.6) is 0 Å². The molecule has 0 aliphatic rings. The second-order valence-electron chi connectivity index (χ2n) is 6.04. The number of benzene rings is 2. The van der Waals surface area contributed by atoms with Crippen molar-refractivity contribution in [3.05, 3.63) is 65.2 Å². The molecule has 6 heteroatoms. The van der Waals surface area contributed by atoms with E-state index in [4.69, 9.17) is 5.14 Å². The summed E-state index contributed by atoms with van der Waals surface area (Å²) in [6.07, 6.45) is 0.313. The molecule has 0 saturated heterocycles. The number of amides is 1. The molecule has 0 atom stereocenters. The first kappa shape index (κ1) is 18.2. The third-order valence-corrected chi connectivity index (χ3v) is 4.68. The largest absolute Gasteiger partial charge is 0.352 e. The monoisotopic (exact) mass is 346 g/mol. The van der Waals surface area contributed by atoms with E-state index in [1.165, 1.54) is 17.7 Å². The first-order valence-electron chi connectivity index (χ1n) is 7.73. The zero-order valence-electron chi connectivity index (χ0n) is 13.8. The highest BCUT2D eigenvalue weighted by Gasteiger charge is 2.08. The average Bonchev–Trinajstić information content (AvgIpc) is 2.53. The molecule has 2 aromatic rings. The summed E-state index contributed by atoms with van der Waals surface area (Å²) in [5, 5.41) is 7.87. The number of hydrogen-bond acceptors (Lipinski definition) is 3. The molecular formula is C18H22N2O3S. The summed E-state index contributed by atoms with van der Waals surface area (Å²) in [6.45, 7) is 4.60. The minimum absolute atomic E-state index is 0.0582. The van der Waals surface area contributed by atoms with Crippen LogP contribution in [0.15, 0.2) is 53.4 Å². The molecule has 0 fully saturated rings. The van der Waals surface area contributed by atoms with Crippen LogP contribution in [0, 0.1) is 0 Å². The minimum Gasteiger partial charge on any atom is -0.352 e. The van der Waals surface area contributed by atoms with E-state index in [2.05, 4.69) is 19.2 Å². The Morgan fingerprint density at radius 3 is 2.04 bits per heavy atom. The molecular weight excluding hydrogens is 324 g/mol. The van der Waals surface area contributed by atoms with Gasteiger partial charge < -0.3 is 5.32 Å². The van der Waals surface area contributed by atoms with Gasteiger partial charge in [0, 0.05) is 6.54 Å². The molecule has 0 aliphatic carbocycles. The number of sulfonamides is 1. The predicted octanol–water partition coefficient (Wildman–Crippen LogP) is 2.32. The van der Waals surface area contributed by atoms with Crippen LogP contribution in [0.4, 0.5) is 0 Å². The van der Waals surface area contributed by atoms with Gasteiger partial charge in [-0.2, -0.15) is 0 Å². The summed E-state index contributed by atoms with van der Waals surface area (Å²) in [7, 11) is -3.69. The van der Waals surface area contributed by atoms with Crippen LogP contribution in [0.2, 0.25) is 0 Å².